The standard InChI is InChI=1S/C22H18FN5O3S/c1-12-5-2-3-6-13(12)9-17(29)25-20-16-11-18(32-21(16)27-26-20)28(22(31)19(24)30)15-8-4-7-14(23)10-15/h2-8,10-11H,9H2,1H3,(H2,24,30)(H2,25,26,27,29). The summed E-state index contributed by atoms with van der Waals surface area (Å²) in [7, 11) is 0. The number of halogens is 1. The number of carbonyl (C=O) groups excluding carboxylic acids is 3. The van der Waals surface area contributed by atoms with Crippen molar-refractivity contribution < 1.29 is 18.8 Å². The van der Waals surface area contributed by atoms with Gasteiger partial charge in [0.2, 0.25) is 5.91 Å². The first-order valence-corrected chi connectivity index (χ1v) is 10.4. The number of nitrogens with one attached hydrogen (secondary N) is 2. The summed E-state index contributed by atoms with van der Waals surface area (Å²) in [5.74, 6) is -2.67. The predicted molar refractivity (Wildman–Crippen MR) is 120 cm³/mol. The maximum absolute atomic E-state index is 13.8. The molecular weight excluding hydrogens is 433 g/mol. The van der Waals surface area contributed by atoms with Crippen molar-refractivity contribution in [1.29, 1.82) is 0 Å². The maximum Gasteiger partial charge on any atom is 0.321 e. The number of H-pyrrole nitrogens is 1. The largest absolute Gasteiger partial charge is 0.361 e. The number of aryl methyl sites for hydroxylation is 1. The fourth-order valence-electron chi connectivity index (χ4n) is 3.24. The number of thiophene rings is 1. The summed E-state index contributed by atoms with van der Waals surface area (Å²) in [6.07, 6.45) is 0.180. The molecule has 0 unspecified atom stereocenters. The zero-order valence-corrected chi connectivity index (χ0v) is 17.7. The fourth-order valence-corrected chi connectivity index (χ4v) is 4.25. The Morgan fingerprint density at radius 2 is 1.94 bits per heavy atom. The van der Waals surface area contributed by atoms with E-state index in [-0.39, 0.29) is 18.0 Å². The number of nitrogens with zero attached hydrogens (tertiary/aromatic N) is 2. The first kappa shape index (κ1) is 21.2. The molecule has 4 rings (SSSR count). The van der Waals surface area contributed by atoms with E-state index in [1.54, 1.807) is 6.07 Å². The molecule has 3 amide bonds. The number of benzene rings is 2. The van der Waals surface area contributed by atoms with Gasteiger partial charge in [-0.1, -0.05) is 41.7 Å². The number of hydrogen-bond acceptors (Lipinski definition) is 5. The van der Waals surface area contributed by atoms with Crippen molar-refractivity contribution in [2.45, 2.75) is 13.3 Å². The van der Waals surface area contributed by atoms with Gasteiger partial charge in [-0.05, 0) is 42.3 Å². The molecule has 0 aliphatic heterocycles. The van der Waals surface area contributed by atoms with Crippen LogP contribution in [0.4, 0.5) is 20.9 Å². The van der Waals surface area contributed by atoms with Crippen LogP contribution in [0.1, 0.15) is 11.1 Å². The Balaban J connectivity index is 1.65. The highest BCUT2D eigenvalue weighted by molar-refractivity contribution is 7.22. The van der Waals surface area contributed by atoms with Crippen molar-refractivity contribution in [3.8, 4) is 0 Å². The lowest BCUT2D eigenvalue weighted by molar-refractivity contribution is -0.135. The minimum Gasteiger partial charge on any atom is -0.361 e. The summed E-state index contributed by atoms with van der Waals surface area (Å²) in [5.41, 5.74) is 7.25. The molecule has 0 aliphatic rings. The molecule has 32 heavy (non-hydrogen) atoms. The maximum atomic E-state index is 13.8. The number of nitrogens with two attached hydrogens (primary N) is 1. The average Bonchev–Trinajstić information content (AvgIpc) is 3.32. The van der Waals surface area contributed by atoms with E-state index in [9.17, 15) is 18.8 Å². The van der Waals surface area contributed by atoms with Crippen molar-refractivity contribution in [2.24, 2.45) is 5.73 Å². The molecule has 0 radical (unpaired) electrons. The predicted octanol–water partition coefficient (Wildman–Crippen LogP) is 3.40. The molecule has 0 saturated heterocycles. The third kappa shape index (κ3) is 4.21. The van der Waals surface area contributed by atoms with Gasteiger partial charge in [0.15, 0.2) is 0 Å². The second-order valence-corrected chi connectivity index (χ2v) is 8.05. The van der Waals surface area contributed by atoms with Crippen LogP contribution in [0, 0.1) is 12.7 Å². The zero-order valence-electron chi connectivity index (χ0n) is 16.9. The van der Waals surface area contributed by atoms with Gasteiger partial charge in [0.1, 0.15) is 21.5 Å². The van der Waals surface area contributed by atoms with E-state index in [1.807, 2.05) is 31.2 Å². The van der Waals surface area contributed by atoms with Gasteiger partial charge in [0, 0.05) is 0 Å². The number of amides is 3. The Morgan fingerprint density at radius 3 is 2.66 bits per heavy atom. The Kier molecular flexibility index (Phi) is 5.69. The van der Waals surface area contributed by atoms with Crippen LogP contribution >= 0.6 is 11.3 Å². The van der Waals surface area contributed by atoms with Crippen LogP contribution < -0.4 is 16.0 Å². The van der Waals surface area contributed by atoms with Crippen LogP contribution in [0.3, 0.4) is 0 Å². The van der Waals surface area contributed by atoms with Crippen molar-refractivity contribution in [3.05, 3.63) is 71.5 Å². The van der Waals surface area contributed by atoms with Crippen LogP contribution in [-0.4, -0.2) is 27.9 Å². The van der Waals surface area contributed by atoms with Gasteiger partial charge in [-0.15, -0.1) is 0 Å². The summed E-state index contributed by atoms with van der Waals surface area (Å²) in [4.78, 5) is 38.2. The van der Waals surface area contributed by atoms with Gasteiger partial charge in [0.05, 0.1) is 17.5 Å². The number of anilines is 3. The molecule has 2 aromatic carbocycles. The van der Waals surface area contributed by atoms with Gasteiger partial charge < -0.3 is 11.1 Å². The second-order valence-electron chi connectivity index (χ2n) is 7.04. The third-order valence-electron chi connectivity index (χ3n) is 4.82. The van der Waals surface area contributed by atoms with Gasteiger partial charge in [0.25, 0.3) is 0 Å². The summed E-state index contributed by atoms with van der Waals surface area (Å²) in [6.45, 7) is 1.93. The molecule has 0 atom stereocenters. The average molecular weight is 451 g/mol. The van der Waals surface area contributed by atoms with Crippen LogP contribution in [0.15, 0.2) is 54.6 Å². The van der Waals surface area contributed by atoms with E-state index in [2.05, 4.69) is 15.5 Å². The van der Waals surface area contributed by atoms with Gasteiger partial charge in [-0.3, -0.25) is 24.4 Å². The van der Waals surface area contributed by atoms with E-state index in [0.717, 1.165) is 33.4 Å². The highest BCUT2D eigenvalue weighted by Crippen LogP contribution is 2.38. The molecule has 8 nitrogen and oxygen atoms in total. The molecule has 2 aromatic heterocycles. The third-order valence-corrected chi connectivity index (χ3v) is 5.83. The lowest BCUT2D eigenvalue weighted by Gasteiger charge is -2.19. The number of primary amides is 1. The Morgan fingerprint density at radius 1 is 1.16 bits per heavy atom. The van der Waals surface area contributed by atoms with Gasteiger partial charge in [-0.2, -0.15) is 5.10 Å². The molecule has 4 aromatic rings. The monoisotopic (exact) mass is 451 g/mol. The molecule has 4 N–H and O–H groups in total. The van der Waals surface area contributed by atoms with Crippen LogP contribution in [0.2, 0.25) is 0 Å². The van der Waals surface area contributed by atoms with Crippen molar-refractivity contribution in [2.75, 3.05) is 10.2 Å². The molecule has 2 heterocycles. The lowest BCUT2D eigenvalue weighted by atomic mass is 10.1. The Hall–Kier alpha value is -4.05. The number of hydrogen-bond donors (Lipinski definition) is 3. The van der Waals surface area contributed by atoms with Gasteiger partial charge in [-0.25, -0.2) is 4.39 Å². The van der Waals surface area contributed by atoms with E-state index in [0.29, 0.717) is 21.0 Å². The van der Waals surface area contributed by atoms with E-state index < -0.39 is 17.6 Å². The Labute approximate surface area is 185 Å². The lowest BCUT2D eigenvalue weighted by Crippen LogP contribution is -2.37. The summed E-state index contributed by atoms with van der Waals surface area (Å²) in [6, 6.07) is 14.4. The molecule has 0 fully saturated rings. The zero-order chi connectivity index (χ0) is 22.8. The van der Waals surface area contributed by atoms with Gasteiger partial charge >= 0.3 is 11.8 Å². The summed E-state index contributed by atoms with van der Waals surface area (Å²) < 4.78 is 13.8. The molecule has 0 bridgehead atoms. The molecule has 0 saturated carbocycles. The number of aromatic amines is 1. The van der Waals surface area contributed by atoms with Crippen LogP contribution in [0.25, 0.3) is 10.2 Å². The molecule has 0 aliphatic carbocycles. The molecular formula is C22H18FN5O3S. The topological polar surface area (TPSA) is 121 Å². The highest BCUT2D eigenvalue weighted by atomic mass is 32.1. The quantitative estimate of drug-likeness (QED) is 0.403. The van der Waals surface area contributed by atoms with Crippen molar-refractivity contribution in [1.82, 2.24) is 10.2 Å². The number of rotatable bonds is 5. The molecule has 162 valence electrons. The smallest absolute Gasteiger partial charge is 0.321 e. The van der Waals surface area contributed by atoms with Crippen LogP contribution in [-0.2, 0) is 20.8 Å². The number of carbonyl (C=O) groups is 3. The summed E-state index contributed by atoms with van der Waals surface area (Å²) in [5, 5.41) is 10.6. The first-order valence-electron chi connectivity index (χ1n) is 9.55. The summed E-state index contributed by atoms with van der Waals surface area (Å²) >= 11 is 1.09. The van der Waals surface area contributed by atoms with Crippen LogP contribution in [0.5, 0.6) is 0 Å². The Bertz CT molecular complexity index is 1350. The minimum absolute atomic E-state index is 0.145. The normalized spacial score (nSPS) is 10.8. The molecule has 0 spiro atoms. The van der Waals surface area contributed by atoms with E-state index in [1.165, 1.54) is 18.2 Å². The SMILES string of the molecule is Cc1ccccc1CC(=O)Nc1[nH]nc2sc(N(C(=O)C(N)=O)c3cccc(F)c3)cc12. The van der Waals surface area contributed by atoms with E-state index in [4.69, 9.17) is 5.73 Å². The van der Waals surface area contributed by atoms with E-state index >= 15 is 0 Å². The minimum atomic E-state index is -1.19. The number of aromatic nitrogens is 2. The first-order chi connectivity index (χ1) is 15.3. The number of fused-ring (bicyclic) bond motifs is 1. The second kappa shape index (κ2) is 8.60. The van der Waals surface area contributed by atoms with Crippen molar-refractivity contribution >= 4 is 55.8 Å². The fraction of sp³-hybridized carbons (Fsp3) is 0.0909. The molecule has 10 heteroatoms. The van der Waals surface area contributed by atoms with Crippen molar-refractivity contribution in [3.63, 3.8) is 0 Å². The highest BCUT2D eigenvalue weighted by Gasteiger charge is 2.26.